The van der Waals surface area contributed by atoms with Crippen LogP contribution < -0.4 is 10.1 Å². The summed E-state index contributed by atoms with van der Waals surface area (Å²) < 4.78 is 44.3. The molecule has 32 heavy (non-hydrogen) atoms. The lowest BCUT2D eigenvalue weighted by Gasteiger charge is -2.17. The molecule has 0 aromatic heterocycles. The van der Waals surface area contributed by atoms with Crippen LogP contribution in [-0.2, 0) is 12.7 Å². The van der Waals surface area contributed by atoms with Gasteiger partial charge in [-0.25, -0.2) is 0 Å². The number of halogens is 3. The molecule has 0 fully saturated rings. The maximum atomic E-state index is 13.0. The molecule has 4 aromatic carbocycles. The van der Waals surface area contributed by atoms with Crippen LogP contribution in [0.25, 0.3) is 21.9 Å². The molecular weight excluding hydrogens is 411 g/mol. The van der Waals surface area contributed by atoms with Gasteiger partial charge in [-0.05, 0) is 76.3 Å². The van der Waals surface area contributed by atoms with Crippen molar-refractivity contribution >= 4 is 10.8 Å². The maximum Gasteiger partial charge on any atom is 0.416 e. The van der Waals surface area contributed by atoms with Crippen LogP contribution in [0, 0.1) is 0 Å². The van der Waals surface area contributed by atoms with E-state index in [0.717, 1.165) is 50.9 Å². The summed E-state index contributed by atoms with van der Waals surface area (Å²) in [5, 5.41) is 5.60. The zero-order valence-electron chi connectivity index (χ0n) is 17.9. The van der Waals surface area contributed by atoms with Gasteiger partial charge in [0.25, 0.3) is 0 Å². The zero-order chi connectivity index (χ0) is 22.7. The quantitative estimate of drug-likeness (QED) is 0.341. The van der Waals surface area contributed by atoms with Gasteiger partial charge in [-0.3, -0.25) is 0 Å². The van der Waals surface area contributed by atoms with Crippen molar-refractivity contribution in [1.29, 1.82) is 0 Å². The Morgan fingerprint density at radius 3 is 2.34 bits per heavy atom. The third-order valence-electron chi connectivity index (χ3n) is 5.65. The molecule has 0 radical (unpaired) electrons. The average Bonchev–Trinajstić information content (AvgIpc) is 2.81. The Morgan fingerprint density at radius 1 is 0.875 bits per heavy atom. The monoisotopic (exact) mass is 435 g/mol. The first-order valence-electron chi connectivity index (χ1n) is 10.4. The highest BCUT2D eigenvalue weighted by molar-refractivity contribution is 5.97. The van der Waals surface area contributed by atoms with Gasteiger partial charge in [0.05, 0.1) is 12.7 Å². The van der Waals surface area contributed by atoms with E-state index < -0.39 is 11.7 Å². The maximum absolute atomic E-state index is 13.0. The summed E-state index contributed by atoms with van der Waals surface area (Å²) in [6, 6.07) is 25.5. The number of fused-ring (bicyclic) bond motifs is 1. The van der Waals surface area contributed by atoms with Crippen LogP contribution in [0.15, 0.2) is 84.9 Å². The van der Waals surface area contributed by atoms with Crippen molar-refractivity contribution < 1.29 is 17.9 Å². The number of ether oxygens (including phenoxy) is 1. The fraction of sp³-hybridized carbons (Fsp3) is 0.185. The van der Waals surface area contributed by atoms with E-state index in [0.29, 0.717) is 6.54 Å². The molecule has 2 nitrogen and oxygen atoms in total. The lowest BCUT2D eigenvalue weighted by molar-refractivity contribution is -0.137. The molecule has 0 spiro atoms. The van der Waals surface area contributed by atoms with Crippen molar-refractivity contribution in [2.24, 2.45) is 0 Å². The third kappa shape index (κ3) is 4.78. The SMILES string of the molecule is COc1cccc([C@@H](C)NCc2cc(-c3ccc(C(F)(F)F)cc3)c3ccccc3c2)c1. The van der Waals surface area contributed by atoms with Gasteiger partial charge in [-0.1, -0.05) is 48.5 Å². The van der Waals surface area contributed by atoms with Gasteiger partial charge in [0.2, 0.25) is 0 Å². The number of alkyl halides is 3. The molecule has 0 aliphatic rings. The standard InChI is InChI=1S/C27H24F3NO/c1-18(21-7-5-8-24(16-21)32-2)31-17-19-14-22-6-3-4-9-25(22)26(15-19)20-10-12-23(13-11-20)27(28,29)30/h3-16,18,31H,17H2,1-2H3/t18-/m1/s1. The Kier molecular flexibility index (Phi) is 6.19. The van der Waals surface area contributed by atoms with E-state index in [-0.39, 0.29) is 6.04 Å². The molecule has 0 aliphatic carbocycles. The zero-order valence-corrected chi connectivity index (χ0v) is 17.9. The second-order valence-corrected chi connectivity index (χ2v) is 7.82. The second-order valence-electron chi connectivity index (χ2n) is 7.82. The molecular formula is C27H24F3NO. The van der Waals surface area contributed by atoms with E-state index in [1.165, 1.54) is 0 Å². The molecule has 164 valence electrons. The van der Waals surface area contributed by atoms with E-state index in [1.54, 1.807) is 19.2 Å². The summed E-state index contributed by atoms with van der Waals surface area (Å²) in [5.74, 6) is 0.812. The molecule has 1 atom stereocenters. The highest BCUT2D eigenvalue weighted by atomic mass is 19.4. The molecule has 0 aliphatic heterocycles. The predicted molar refractivity (Wildman–Crippen MR) is 123 cm³/mol. The summed E-state index contributed by atoms with van der Waals surface area (Å²) in [5.41, 5.74) is 3.22. The van der Waals surface area contributed by atoms with Crippen molar-refractivity contribution in [2.75, 3.05) is 7.11 Å². The second kappa shape index (κ2) is 9.05. The number of hydrogen-bond acceptors (Lipinski definition) is 2. The Bertz CT molecular complexity index is 1220. The van der Waals surface area contributed by atoms with Crippen LogP contribution in [0.1, 0.15) is 29.7 Å². The number of hydrogen-bond donors (Lipinski definition) is 1. The first kappa shape index (κ1) is 21.9. The molecule has 4 rings (SSSR count). The van der Waals surface area contributed by atoms with Crippen LogP contribution in [0.4, 0.5) is 13.2 Å². The molecule has 5 heteroatoms. The normalized spacial score (nSPS) is 12.7. The van der Waals surface area contributed by atoms with E-state index >= 15 is 0 Å². The molecule has 0 unspecified atom stereocenters. The predicted octanol–water partition coefficient (Wildman–Crippen LogP) is 7.39. The average molecular weight is 435 g/mol. The fourth-order valence-corrected chi connectivity index (χ4v) is 3.85. The van der Waals surface area contributed by atoms with Gasteiger partial charge in [0.1, 0.15) is 5.75 Å². The first-order chi connectivity index (χ1) is 15.3. The van der Waals surface area contributed by atoms with Crippen LogP contribution in [0.5, 0.6) is 5.75 Å². The summed E-state index contributed by atoms with van der Waals surface area (Å²) in [7, 11) is 1.65. The molecule has 0 saturated carbocycles. The van der Waals surface area contributed by atoms with E-state index in [2.05, 4.69) is 24.4 Å². The summed E-state index contributed by atoms with van der Waals surface area (Å²) >= 11 is 0. The van der Waals surface area contributed by atoms with Crippen LogP contribution in [0.3, 0.4) is 0 Å². The molecule has 0 amide bonds. The first-order valence-corrected chi connectivity index (χ1v) is 10.4. The van der Waals surface area contributed by atoms with Crippen LogP contribution >= 0.6 is 0 Å². The minimum atomic E-state index is -4.34. The van der Waals surface area contributed by atoms with E-state index in [1.807, 2.05) is 48.5 Å². The smallest absolute Gasteiger partial charge is 0.416 e. The van der Waals surface area contributed by atoms with Crippen LogP contribution in [0.2, 0.25) is 0 Å². The van der Waals surface area contributed by atoms with Gasteiger partial charge < -0.3 is 10.1 Å². The Morgan fingerprint density at radius 2 is 1.62 bits per heavy atom. The highest BCUT2D eigenvalue weighted by Crippen LogP contribution is 2.34. The lowest BCUT2D eigenvalue weighted by Crippen LogP contribution is -2.18. The Balaban J connectivity index is 1.63. The summed E-state index contributed by atoms with van der Waals surface area (Å²) in [6.45, 7) is 2.71. The lowest BCUT2D eigenvalue weighted by atomic mass is 9.94. The van der Waals surface area contributed by atoms with E-state index in [4.69, 9.17) is 4.74 Å². The van der Waals surface area contributed by atoms with Gasteiger partial charge in [0, 0.05) is 12.6 Å². The third-order valence-corrected chi connectivity index (χ3v) is 5.65. The summed E-state index contributed by atoms with van der Waals surface area (Å²) in [4.78, 5) is 0. The van der Waals surface area contributed by atoms with E-state index in [9.17, 15) is 13.2 Å². The molecule has 4 aromatic rings. The number of benzene rings is 4. The summed E-state index contributed by atoms with van der Waals surface area (Å²) in [6.07, 6.45) is -4.34. The minimum Gasteiger partial charge on any atom is -0.497 e. The number of nitrogens with one attached hydrogen (secondary N) is 1. The molecule has 0 saturated heterocycles. The molecule has 0 heterocycles. The Labute approximate surface area is 185 Å². The van der Waals surface area contributed by atoms with Crippen molar-refractivity contribution in [3.63, 3.8) is 0 Å². The molecule has 0 bridgehead atoms. The Hall–Kier alpha value is -3.31. The largest absolute Gasteiger partial charge is 0.497 e. The van der Waals surface area contributed by atoms with Crippen molar-refractivity contribution in [3.05, 3.63) is 102 Å². The topological polar surface area (TPSA) is 21.3 Å². The van der Waals surface area contributed by atoms with Crippen molar-refractivity contribution in [3.8, 4) is 16.9 Å². The minimum absolute atomic E-state index is 0.103. The highest BCUT2D eigenvalue weighted by Gasteiger charge is 2.30. The fourth-order valence-electron chi connectivity index (χ4n) is 3.85. The van der Waals surface area contributed by atoms with Gasteiger partial charge >= 0.3 is 6.18 Å². The van der Waals surface area contributed by atoms with Gasteiger partial charge in [-0.15, -0.1) is 0 Å². The van der Waals surface area contributed by atoms with Crippen molar-refractivity contribution in [2.45, 2.75) is 25.7 Å². The molecule has 1 N–H and O–H groups in total. The number of methoxy groups -OCH3 is 1. The van der Waals surface area contributed by atoms with Gasteiger partial charge in [-0.2, -0.15) is 13.2 Å². The number of rotatable bonds is 6. The van der Waals surface area contributed by atoms with Gasteiger partial charge in [0.15, 0.2) is 0 Å². The van der Waals surface area contributed by atoms with Crippen LogP contribution in [-0.4, -0.2) is 7.11 Å². The van der Waals surface area contributed by atoms with Crippen molar-refractivity contribution in [1.82, 2.24) is 5.32 Å².